The molecule has 0 unspecified atom stereocenters. The molecule has 1 aromatic heterocycles. The minimum absolute atomic E-state index is 0.0992. The van der Waals surface area contributed by atoms with Crippen LogP contribution in [-0.4, -0.2) is 30.9 Å². The van der Waals surface area contributed by atoms with Crippen LogP contribution in [0.5, 0.6) is 11.5 Å². The average molecular weight is 389 g/mol. The van der Waals surface area contributed by atoms with Crippen LogP contribution in [0.15, 0.2) is 41.3 Å². The molecule has 0 spiro atoms. The summed E-state index contributed by atoms with van der Waals surface area (Å²) >= 11 is 3.16. The SMILES string of the molecule is CCSc1ccc(CC(=O)Nc2nc3c(OC)ccc(OC)c3s2)cc1. The first-order valence-electron chi connectivity index (χ1n) is 8.17. The van der Waals surface area contributed by atoms with Crippen molar-refractivity contribution in [3.05, 3.63) is 42.0 Å². The monoisotopic (exact) mass is 388 g/mol. The minimum atomic E-state index is -0.0992. The molecule has 0 radical (unpaired) electrons. The Morgan fingerprint density at radius 1 is 1.12 bits per heavy atom. The highest BCUT2D eigenvalue weighted by Gasteiger charge is 2.15. The fourth-order valence-electron chi connectivity index (χ4n) is 2.56. The van der Waals surface area contributed by atoms with Crippen LogP contribution in [0, 0.1) is 0 Å². The second kappa shape index (κ2) is 8.42. The van der Waals surface area contributed by atoms with E-state index in [0.717, 1.165) is 16.0 Å². The van der Waals surface area contributed by atoms with Crippen molar-refractivity contribution < 1.29 is 14.3 Å². The highest BCUT2D eigenvalue weighted by Crippen LogP contribution is 2.38. The average Bonchev–Trinajstić information content (AvgIpc) is 3.06. The molecule has 26 heavy (non-hydrogen) atoms. The van der Waals surface area contributed by atoms with Crippen molar-refractivity contribution in [2.24, 2.45) is 0 Å². The van der Waals surface area contributed by atoms with Gasteiger partial charge in [-0.25, -0.2) is 4.98 Å². The molecule has 0 saturated heterocycles. The van der Waals surface area contributed by atoms with E-state index in [4.69, 9.17) is 9.47 Å². The van der Waals surface area contributed by atoms with Crippen LogP contribution in [0.1, 0.15) is 12.5 Å². The number of fused-ring (bicyclic) bond motifs is 1. The molecule has 0 aliphatic heterocycles. The van der Waals surface area contributed by atoms with Gasteiger partial charge in [0.15, 0.2) is 5.13 Å². The van der Waals surface area contributed by atoms with Crippen LogP contribution in [0.2, 0.25) is 0 Å². The summed E-state index contributed by atoms with van der Waals surface area (Å²) in [4.78, 5) is 18.1. The lowest BCUT2D eigenvalue weighted by Crippen LogP contribution is -2.14. The third-order valence-electron chi connectivity index (χ3n) is 3.76. The van der Waals surface area contributed by atoms with Gasteiger partial charge in [0, 0.05) is 4.90 Å². The van der Waals surface area contributed by atoms with Gasteiger partial charge in [-0.2, -0.15) is 0 Å². The zero-order valence-corrected chi connectivity index (χ0v) is 16.5. The van der Waals surface area contributed by atoms with Gasteiger partial charge in [-0.05, 0) is 35.6 Å². The highest BCUT2D eigenvalue weighted by molar-refractivity contribution is 7.99. The normalized spacial score (nSPS) is 10.7. The predicted molar refractivity (Wildman–Crippen MR) is 108 cm³/mol. The van der Waals surface area contributed by atoms with E-state index >= 15 is 0 Å². The third-order valence-corrected chi connectivity index (χ3v) is 5.64. The number of hydrogen-bond acceptors (Lipinski definition) is 6. The molecule has 3 aromatic rings. The number of carbonyl (C=O) groups is 1. The van der Waals surface area contributed by atoms with Gasteiger partial charge in [0.25, 0.3) is 0 Å². The lowest BCUT2D eigenvalue weighted by molar-refractivity contribution is -0.115. The quantitative estimate of drug-likeness (QED) is 0.599. The van der Waals surface area contributed by atoms with Gasteiger partial charge in [-0.15, -0.1) is 11.8 Å². The van der Waals surface area contributed by atoms with E-state index in [1.54, 1.807) is 26.0 Å². The van der Waals surface area contributed by atoms with Crippen molar-refractivity contribution in [2.45, 2.75) is 18.2 Å². The number of rotatable bonds is 7. The molecule has 0 aliphatic rings. The number of amides is 1. The fraction of sp³-hybridized carbons (Fsp3) is 0.263. The molecule has 7 heteroatoms. The van der Waals surface area contributed by atoms with Crippen molar-refractivity contribution in [2.75, 3.05) is 25.3 Å². The number of nitrogens with zero attached hydrogens (tertiary/aromatic N) is 1. The maximum absolute atomic E-state index is 12.4. The lowest BCUT2D eigenvalue weighted by Gasteiger charge is -2.03. The van der Waals surface area contributed by atoms with Crippen LogP contribution < -0.4 is 14.8 Å². The number of carbonyl (C=O) groups excluding carboxylic acids is 1. The predicted octanol–water partition coefficient (Wildman–Crippen LogP) is 4.61. The Bertz CT molecular complexity index is 866. The van der Waals surface area contributed by atoms with E-state index in [1.165, 1.54) is 16.2 Å². The maximum atomic E-state index is 12.4. The number of aromatic nitrogens is 1. The topological polar surface area (TPSA) is 60.5 Å². The van der Waals surface area contributed by atoms with Crippen molar-refractivity contribution >= 4 is 44.4 Å². The number of ether oxygens (including phenoxy) is 2. The Hall–Kier alpha value is -2.25. The number of thiazole rings is 1. The number of benzene rings is 2. The van der Waals surface area contributed by atoms with Crippen molar-refractivity contribution in [1.82, 2.24) is 4.98 Å². The summed E-state index contributed by atoms with van der Waals surface area (Å²) in [6.45, 7) is 2.12. The van der Waals surface area contributed by atoms with Crippen molar-refractivity contribution in [3.63, 3.8) is 0 Å². The van der Waals surface area contributed by atoms with Gasteiger partial charge in [0.2, 0.25) is 5.91 Å². The van der Waals surface area contributed by atoms with Crippen molar-refractivity contribution in [3.8, 4) is 11.5 Å². The van der Waals surface area contributed by atoms with E-state index in [-0.39, 0.29) is 5.91 Å². The number of thioether (sulfide) groups is 1. The molecule has 1 amide bonds. The Kier molecular flexibility index (Phi) is 6.00. The Labute approximate surface area is 160 Å². The first kappa shape index (κ1) is 18.5. The highest BCUT2D eigenvalue weighted by atomic mass is 32.2. The zero-order valence-electron chi connectivity index (χ0n) is 14.9. The van der Waals surface area contributed by atoms with E-state index in [1.807, 2.05) is 36.4 Å². The first-order chi connectivity index (χ1) is 12.6. The molecule has 5 nitrogen and oxygen atoms in total. The van der Waals surface area contributed by atoms with E-state index in [9.17, 15) is 4.79 Å². The standard InChI is InChI=1S/C19H20N2O3S2/c1-4-25-13-7-5-12(6-8-13)11-16(22)20-19-21-17-14(23-2)9-10-15(24-3)18(17)26-19/h5-10H,4,11H2,1-3H3,(H,20,21,22). The molecule has 0 aliphatic carbocycles. The largest absolute Gasteiger partial charge is 0.495 e. The number of methoxy groups -OCH3 is 2. The first-order valence-corrected chi connectivity index (χ1v) is 9.98. The summed E-state index contributed by atoms with van der Waals surface area (Å²) in [5.41, 5.74) is 1.66. The molecule has 3 rings (SSSR count). The molecule has 0 atom stereocenters. The Balaban J connectivity index is 1.74. The lowest BCUT2D eigenvalue weighted by atomic mass is 10.1. The summed E-state index contributed by atoms with van der Waals surface area (Å²) in [5, 5.41) is 3.41. The molecule has 0 bridgehead atoms. The van der Waals surface area contributed by atoms with E-state index in [0.29, 0.717) is 28.6 Å². The molecule has 1 N–H and O–H groups in total. The number of hydrogen-bond donors (Lipinski definition) is 1. The van der Waals surface area contributed by atoms with Gasteiger partial charge in [-0.1, -0.05) is 30.4 Å². The molecule has 136 valence electrons. The minimum Gasteiger partial charge on any atom is -0.495 e. The third kappa shape index (κ3) is 4.11. The molecular weight excluding hydrogens is 368 g/mol. The summed E-state index contributed by atoms with van der Waals surface area (Å²) in [6, 6.07) is 11.7. The molecular formula is C19H20N2O3S2. The molecule has 0 saturated carbocycles. The van der Waals surface area contributed by atoms with Crippen LogP contribution in [0.3, 0.4) is 0 Å². The molecule has 2 aromatic carbocycles. The zero-order chi connectivity index (χ0) is 18.5. The van der Waals surface area contributed by atoms with Gasteiger partial charge in [-0.3, -0.25) is 4.79 Å². The van der Waals surface area contributed by atoms with Gasteiger partial charge >= 0.3 is 0 Å². The Morgan fingerprint density at radius 3 is 2.46 bits per heavy atom. The summed E-state index contributed by atoms with van der Waals surface area (Å²) in [5.74, 6) is 2.30. The summed E-state index contributed by atoms with van der Waals surface area (Å²) in [6.07, 6.45) is 0.307. The van der Waals surface area contributed by atoms with Crippen molar-refractivity contribution in [1.29, 1.82) is 0 Å². The second-order valence-corrected chi connectivity index (χ2v) is 7.81. The van der Waals surface area contributed by atoms with Crippen LogP contribution in [0.25, 0.3) is 10.2 Å². The molecule has 1 heterocycles. The van der Waals surface area contributed by atoms with E-state index in [2.05, 4.69) is 17.2 Å². The van der Waals surface area contributed by atoms with Gasteiger partial charge < -0.3 is 14.8 Å². The van der Waals surface area contributed by atoms with E-state index < -0.39 is 0 Å². The van der Waals surface area contributed by atoms with Gasteiger partial charge in [0.05, 0.1) is 20.6 Å². The summed E-state index contributed by atoms with van der Waals surface area (Å²) < 4.78 is 11.6. The summed E-state index contributed by atoms with van der Waals surface area (Å²) in [7, 11) is 3.21. The fourth-order valence-corrected chi connectivity index (χ4v) is 4.21. The maximum Gasteiger partial charge on any atom is 0.230 e. The molecule has 0 fully saturated rings. The smallest absolute Gasteiger partial charge is 0.230 e. The van der Waals surface area contributed by atoms with Crippen LogP contribution >= 0.6 is 23.1 Å². The van der Waals surface area contributed by atoms with Crippen LogP contribution in [-0.2, 0) is 11.2 Å². The second-order valence-electron chi connectivity index (χ2n) is 5.47. The number of nitrogens with one attached hydrogen (secondary N) is 1. The number of anilines is 1. The Morgan fingerprint density at radius 2 is 1.81 bits per heavy atom. The van der Waals surface area contributed by atoms with Crippen LogP contribution in [0.4, 0.5) is 5.13 Å². The van der Waals surface area contributed by atoms with Gasteiger partial charge in [0.1, 0.15) is 21.7 Å².